The van der Waals surface area contributed by atoms with Gasteiger partial charge in [0.05, 0.1) is 11.6 Å². The third kappa shape index (κ3) is 4.08. The van der Waals surface area contributed by atoms with Crippen LogP contribution in [0, 0.1) is 0 Å². The van der Waals surface area contributed by atoms with Crippen LogP contribution in [0.4, 0.5) is 5.82 Å². The monoisotopic (exact) mass is 299 g/mol. The van der Waals surface area contributed by atoms with Crippen LogP contribution in [-0.2, 0) is 4.74 Å². The summed E-state index contributed by atoms with van der Waals surface area (Å²) < 4.78 is 5.08. The zero-order valence-electron chi connectivity index (χ0n) is 12.2. The number of hydrogen-bond donors (Lipinski definition) is 1. The number of pyridine rings is 1. The summed E-state index contributed by atoms with van der Waals surface area (Å²) in [5, 5.41) is 0.317. The van der Waals surface area contributed by atoms with Crippen molar-refractivity contribution in [3.8, 4) is 0 Å². The van der Waals surface area contributed by atoms with E-state index >= 15 is 0 Å². The van der Waals surface area contributed by atoms with Gasteiger partial charge < -0.3 is 15.4 Å². The average Bonchev–Trinajstić information content (AvgIpc) is 2.45. The van der Waals surface area contributed by atoms with Crippen molar-refractivity contribution in [2.45, 2.75) is 32.7 Å². The van der Waals surface area contributed by atoms with Crippen molar-refractivity contribution < 1.29 is 9.53 Å². The van der Waals surface area contributed by atoms with Gasteiger partial charge in [-0.2, -0.15) is 0 Å². The van der Waals surface area contributed by atoms with Crippen LogP contribution in [0.25, 0.3) is 0 Å². The van der Waals surface area contributed by atoms with E-state index in [0.717, 1.165) is 12.8 Å². The zero-order chi connectivity index (χ0) is 15.1. The maximum absolute atomic E-state index is 12.7. The van der Waals surface area contributed by atoms with Crippen molar-refractivity contribution in [2.24, 2.45) is 0 Å². The van der Waals surface area contributed by atoms with Crippen molar-refractivity contribution in [3.05, 3.63) is 22.8 Å². The highest BCUT2D eigenvalue weighted by molar-refractivity contribution is 6.33. The van der Waals surface area contributed by atoms with Crippen LogP contribution in [0.5, 0.6) is 0 Å². The zero-order valence-corrected chi connectivity index (χ0v) is 13.0. The van der Waals surface area contributed by atoms with Gasteiger partial charge in [-0.05, 0) is 25.0 Å². The van der Waals surface area contributed by atoms with Crippen LogP contribution in [0.1, 0.15) is 37.2 Å². The van der Waals surface area contributed by atoms with E-state index < -0.39 is 0 Å². The Bertz CT molecular complexity index is 450. The van der Waals surface area contributed by atoms with Gasteiger partial charge in [0, 0.05) is 19.7 Å². The second-order valence-corrected chi connectivity index (χ2v) is 4.94. The second kappa shape index (κ2) is 8.07. The van der Waals surface area contributed by atoms with Crippen LogP contribution < -0.4 is 5.73 Å². The lowest BCUT2D eigenvalue weighted by atomic mass is 10.1. The Hall–Kier alpha value is -1.33. The topological polar surface area (TPSA) is 68.5 Å². The van der Waals surface area contributed by atoms with E-state index in [1.54, 1.807) is 24.1 Å². The number of anilines is 1. The first-order valence-electron chi connectivity index (χ1n) is 6.77. The number of rotatable bonds is 7. The molecule has 1 amide bonds. The summed E-state index contributed by atoms with van der Waals surface area (Å²) in [7, 11) is 1.61. The van der Waals surface area contributed by atoms with E-state index in [0.29, 0.717) is 18.2 Å². The van der Waals surface area contributed by atoms with E-state index in [1.165, 1.54) is 0 Å². The number of nitrogens with zero attached hydrogens (tertiary/aromatic N) is 2. The van der Waals surface area contributed by atoms with Crippen LogP contribution in [0.2, 0.25) is 5.02 Å². The molecule has 0 spiro atoms. The fourth-order valence-corrected chi connectivity index (χ4v) is 2.30. The molecule has 0 saturated carbocycles. The molecule has 0 unspecified atom stereocenters. The number of carbonyl (C=O) groups is 1. The van der Waals surface area contributed by atoms with Gasteiger partial charge in [-0.3, -0.25) is 4.79 Å². The molecule has 1 aromatic heterocycles. The normalized spacial score (nSPS) is 10.8. The van der Waals surface area contributed by atoms with Gasteiger partial charge in [-0.1, -0.05) is 25.4 Å². The van der Waals surface area contributed by atoms with Gasteiger partial charge >= 0.3 is 0 Å². The maximum atomic E-state index is 12.7. The van der Waals surface area contributed by atoms with Crippen molar-refractivity contribution in [2.75, 3.05) is 26.0 Å². The average molecular weight is 300 g/mol. The molecule has 112 valence electrons. The Morgan fingerprint density at radius 1 is 1.45 bits per heavy atom. The molecule has 0 atom stereocenters. The van der Waals surface area contributed by atoms with E-state index in [4.69, 9.17) is 22.1 Å². The molecule has 0 fully saturated rings. The molecule has 0 saturated heterocycles. The number of aromatic nitrogens is 1. The highest BCUT2D eigenvalue weighted by Crippen LogP contribution is 2.20. The smallest absolute Gasteiger partial charge is 0.274 e. The highest BCUT2D eigenvalue weighted by atomic mass is 35.5. The minimum absolute atomic E-state index is 0.136. The van der Waals surface area contributed by atoms with E-state index in [9.17, 15) is 4.79 Å². The molecule has 0 bridgehead atoms. The molecule has 0 aromatic carbocycles. The summed E-state index contributed by atoms with van der Waals surface area (Å²) in [6, 6.07) is 3.31. The molecule has 1 aromatic rings. The predicted octanol–water partition coefficient (Wildman–Crippen LogP) is 2.59. The number of amides is 1. The Balaban J connectivity index is 3.05. The Labute approximate surface area is 125 Å². The van der Waals surface area contributed by atoms with Gasteiger partial charge in [-0.15, -0.1) is 0 Å². The summed E-state index contributed by atoms with van der Waals surface area (Å²) in [6.07, 6.45) is 1.73. The summed E-state index contributed by atoms with van der Waals surface area (Å²) in [5.41, 5.74) is 5.84. The predicted molar refractivity (Wildman–Crippen MR) is 80.9 cm³/mol. The number of nitrogens with two attached hydrogens (primary N) is 1. The van der Waals surface area contributed by atoms with Crippen LogP contribution in [-0.4, -0.2) is 42.1 Å². The molecule has 1 heterocycles. The lowest BCUT2D eigenvalue weighted by Crippen LogP contribution is -2.42. The quantitative estimate of drug-likeness (QED) is 0.840. The lowest BCUT2D eigenvalue weighted by Gasteiger charge is -2.30. The molecular weight excluding hydrogens is 278 g/mol. The van der Waals surface area contributed by atoms with Crippen molar-refractivity contribution in [3.63, 3.8) is 0 Å². The van der Waals surface area contributed by atoms with Crippen molar-refractivity contribution >= 4 is 23.3 Å². The Kier molecular flexibility index (Phi) is 6.75. The number of ether oxygens (including phenoxy) is 1. The SMILES string of the molecule is CCC(CC)N(CCOC)C(=O)c1nc(N)ccc1Cl. The molecule has 2 N–H and O–H groups in total. The summed E-state index contributed by atoms with van der Waals surface area (Å²) in [4.78, 5) is 18.5. The van der Waals surface area contributed by atoms with Gasteiger partial charge in [0.25, 0.3) is 5.91 Å². The number of halogens is 1. The largest absolute Gasteiger partial charge is 0.384 e. The highest BCUT2D eigenvalue weighted by Gasteiger charge is 2.25. The molecule has 6 heteroatoms. The molecule has 0 radical (unpaired) electrons. The van der Waals surface area contributed by atoms with E-state index in [1.807, 2.05) is 0 Å². The fourth-order valence-electron chi connectivity index (χ4n) is 2.11. The maximum Gasteiger partial charge on any atom is 0.274 e. The molecule has 0 aliphatic heterocycles. The van der Waals surface area contributed by atoms with Crippen LogP contribution in [0.3, 0.4) is 0 Å². The van der Waals surface area contributed by atoms with E-state index in [2.05, 4.69) is 18.8 Å². The summed E-state index contributed by atoms with van der Waals surface area (Å²) in [5.74, 6) is 0.0852. The molecular formula is C14H22ClN3O2. The standard InChI is InChI=1S/C14H22ClN3O2/c1-4-10(5-2)18(8-9-20-3)14(19)13-11(15)6-7-12(16)17-13/h6-7,10H,4-5,8-9H2,1-3H3,(H2,16,17). The molecule has 1 rings (SSSR count). The Morgan fingerprint density at radius 3 is 2.65 bits per heavy atom. The molecule has 20 heavy (non-hydrogen) atoms. The van der Waals surface area contributed by atoms with Gasteiger partial charge in [0.15, 0.2) is 0 Å². The van der Waals surface area contributed by atoms with Gasteiger partial charge in [0.2, 0.25) is 0 Å². The molecule has 5 nitrogen and oxygen atoms in total. The van der Waals surface area contributed by atoms with Crippen LogP contribution >= 0.6 is 11.6 Å². The van der Waals surface area contributed by atoms with Crippen LogP contribution in [0.15, 0.2) is 12.1 Å². The number of nitrogen functional groups attached to an aromatic ring is 1. The first kappa shape index (κ1) is 16.7. The lowest BCUT2D eigenvalue weighted by molar-refractivity contribution is 0.0584. The fraction of sp³-hybridized carbons (Fsp3) is 0.571. The first-order chi connectivity index (χ1) is 9.54. The molecule has 0 aliphatic carbocycles. The first-order valence-corrected chi connectivity index (χ1v) is 7.14. The minimum atomic E-state index is -0.201. The van der Waals surface area contributed by atoms with Crippen molar-refractivity contribution in [1.82, 2.24) is 9.88 Å². The molecule has 0 aliphatic rings. The van der Waals surface area contributed by atoms with Crippen molar-refractivity contribution in [1.29, 1.82) is 0 Å². The number of carbonyl (C=O) groups excluding carboxylic acids is 1. The van der Waals surface area contributed by atoms with Gasteiger partial charge in [-0.25, -0.2) is 4.98 Å². The number of hydrogen-bond acceptors (Lipinski definition) is 4. The van der Waals surface area contributed by atoms with E-state index in [-0.39, 0.29) is 23.5 Å². The summed E-state index contributed by atoms with van der Waals surface area (Å²) >= 11 is 6.06. The third-order valence-electron chi connectivity index (χ3n) is 3.25. The summed E-state index contributed by atoms with van der Waals surface area (Å²) in [6.45, 7) is 5.09. The second-order valence-electron chi connectivity index (χ2n) is 4.53. The Morgan fingerprint density at radius 2 is 2.10 bits per heavy atom. The minimum Gasteiger partial charge on any atom is -0.384 e. The van der Waals surface area contributed by atoms with Gasteiger partial charge in [0.1, 0.15) is 11.5 Å². The number of methoxy groups -OCH3 is 1. The third-order valence-corrected chi connectivity index (χ3v) is 3.56.